The Balaban J connectivity index is 2.12. The second kappa shape index (κ2) is 4.54. The standard InChI is InChI=1S/C10H13N3O4/c1-13(9(14)7-2-11-5-12-7)8-4-17-3-6(8)10(15)16/h2,5-6,8H,3-4H2,1H3,(H,11,12)(H,15,16). The van der Waals surface area contributed by atoms with E-state index in [1.54, 1.807) is 7.05 Å². The number of hydrogen-bond donors (Lipinski definition) is 2. The van der Waals surface area contributed by atoms with E-state index >= 15 is 0 Å². The van der Waals surface area contributed by atoms with Crippen LogP contribution in [0.3, 0.4) is 0 Å². The summed E-state index contributed by atoms with van der Waals surface area (Å²) in [6.45, 7) is 0.383. The second-order valence-electron chi connectivity index (χ2n) is 3.93. The summed E-state index contributed by atoms with van der Waals surface area (Å²) in [6.07, 6.45) is 2.81. The van der Waals surface area contributed by atoms with Crippen LogP contribution in [-0.2, 0) is 9.53 Å². The van der Waals surface area contributed by atoms with E-state index in [1.165, 1.54) is 17.4 Å². The molecule has 2 heterocycles. The topological polar surface area (TPSA) is 95.5 Å². The maximum Gasteiger partial charge on any atom is 0.311 e. The Bertz CT molecular complexity index is 417. The number of nitrogens with zero attached hydrogens (tertiary/aromatic N) is 2. The molecule has 0 aliphatic carbocycles. The third kappa shape index (κ3) is 2.14. The van der Waals surface area contributed by atoms with Crippen molar-refractivity contribution in [1.82, 2.24) is 14.9 Å². The number of carboxylic acids is 1. The molecule has 1 amide bonds. The summed E-state index contributed by atoms with van der Waals surface area (Å²) in [7, 11) is 1.57. The van der Waals surface area contributed by atoms with E-state index in [1.807, 2.05) is 0 Å². The largest absolute Gasteiger partial charge is 0.481 e. The van der Waals surface area contributed by atoms with E-state index in [9.17, 15) is 9.59 Å². The van der Waals surface area contributed by atoms with Crippen LogP contribution in [0.1, 0.15) is 10.5 Å². The lowest BCUT2D eigenvalue weighted by Crippen LogP contribution is -2.44. The van der Waals surface area contributed by atoms with Gasteiger partial charge in [-0.25, -0.2) is 4.98 Å². The van der Waals surface area contributed by atoms with Gasteiger partial charge in [0, 0.05) is 7.05 Å². The summed E-state index contributed by atoms with van der Waals surface area (Å²) in [5.41, 5.74) is 0.337. The Morgan fingerprint density at radius 1 is 1.59 bits per heavy atom. The highest BCUT2D eigenvalue weighted by Gasteiger charge is 2.38. The number of ether oxygens (including phenoxy) is 1. The van der Waals surface area contributed by atoms with Crippen LogP contribution in [-0.4, -0.2) is 58.2 Å². The van der Waals surface area contributed by atoms with Crippen LogP contribution in [0.25, 0.3) is 0 Å². The quantitative estimate of drug-likeness (QED) is 0.747. The molecule has 17 heavy (non-hydrogen) atoms. The lowest BCUT2D eigenvalue weighted by molar-refractivity contribution is -0.142. The molecule has 1 aromatic heterocycles. The van der Waals surface area contributed by atoms with E-state index < -0.39 is 17.9 Å². The van der Waals surface area contributed by atoms with Gasteiger partial charge in [0.15, 0.2) is 0 Å². The van der Waals surface area contributed by atoms with Crippen LogP contribution in [0.4, 0.5) is 0 Å². The molecule has 1 fully saturated rings. The normalized spacial score (nSPS) is 23.6. The highest BCUT2D eigenvalue weighted by Crippen LogP contribution is 2.20. The van der Waals surface area contributed by atoms with Gasteiger partial charge in [-0.15, -0.1) is 0 Å². The number of carbonyl (C=O) groups is 2. The molecule has 0 saturated carbocycles. The van der Waals surface area contributed by atoms with E-state index in [-0.39, 0.29) is 19.1 Å². The molecule has 2 atom stereocenters. The number of nitrogens with one attached hydrogen (secondary N) is 1. The summed E-state index contributed by atoms with van der Waals surface area (Å²) in [5, 5.41) is 9.01. The molecule has 0 aromatic carbocycles. The van der Waals surface area contributed by atoms with Crippen molar-refractivity contribution in [3.63, 3.8) is 0 Å². The zero-order valence-electron chi connectivity index (χ0n) is 9.29. The molecular formula is C10H13N3O4. The molecule has 1 aliphatic rings. The van der Waals surface area contributed by atoms with E-state index in [0.717, 1.165) is 0 Å². The first-order chi connectivity index (χ1) is 8.11. The number of carbonyl (C=O) groups excluding carboxylic acids is 1. The summed E-state index contributed by atoms with van der Waals surface area (Å²) in [5.74, 6) is -1.91. The minimum absolute atomic E-state index is 0.139. The number of H-pyrrole nitrogens is 1. The number of likely N-dealkylation sites (N-methyl/N-ethyl adjacent to an activating group) is 1. The van der Waals surface area contributed by atoms with Gasteiger partial charge in [-0.1, -0.05) is 0 Å². The number of rotatable bonds is 3. The Morgan fingerprint density at radius 3 is 2.94 bits per heavy atom. The molecule has 0 spiro atoms. The van der Waals surface area contributed by atoms with E-state index in [2.05, 4.69) is 9.97 Å². The summed E-state index contributed by atoms with van der Waals surface area (Å²) < 4.78 is 5.12. The van der Waals surface area contributed by atoms with Crippen LogP contribution in [0, 0.1) is 5.92 Å². The van der Waals surface area contributed by atoms with Crippen molar-refractivity contribution in [3.8, 4) is 0 Å². The highest BCUT2D eigenvalue weighted by molar-refractivity contribution is 5.92. The summed E-state index contributed by atoms with van der Waals surface area (Å²) in [4.78, 5) is 30.8. The Morgan fingerprint density at radius 2 is 2.35 bits per heavy atom. The lowest BCUT2D eigenvalue weighted by atomic mass is 10.0. The van der Waals surface area contributed by atoms with Gasteiger partial charge in [0.05, 0.1) is 31.8 Å². The number of hydrogen-bond acceptors (Lipinski definition) is 4. The third-order valence-corrected chi connectivity index (χ3v) is 2.91. The predicted molar refractivity (Wildman–Crippen MR) is 56.4 cm³/mol. The van der Waals surface area contributed by atoms with Crippen molar-refractivity contribution < 1.29 is 19.4 Å². The van der Waals surface area contributed by atoms with Crippen LogP contribution in [0.2, 0.25) is 0 Å². The first-order valence-electron chi connectivity index (χ1n) is 5.17. The van der Waals surface area contributed by atoms with Gasteiger partial charge in [0.1, 0.15) is 11.6 Å². The van der Waals surface area contributed by atoms with Crippen LogP contribution in [0.5, 0.6) is 0 Å². The number of amides is 1. The van der Waals surface area contributed by atoms with Crippen molar-refractivity contribution >= 4 is 11.9 Å². The molecule has 1 aliphatic heterocycles. The molecule has 7 heteroatoms. The molecule has 1 aromatic rings. The Hall–Kier alpha value is -1.89. The fourth-order valence-electron chi connectivity index (χ4n) is 1.87. The fourth-order valence-corrected chi connectivity index (χ4v) is 1.87. The number of imidazole rings is 1. The average Bonchev–Trinajstić information content (AvgIpc) is 2.97. The van der Waals surface area contributed by atoms with Crippen molar-refractivity contribution in [2.75, 3.05) is 20.3 Å². The van der Waals surface area contributed by atoms with Gasteiger partial charge in [0.2, 0.25) is 0 Å². The number of carboxylic acid groups (broad SMARTS) is 1. The molecule has 0 bridgehead atoms. The second-order valence-corrected chi connectivity index (χ2v) is 3.93. The molecule has 1 saturated heterocycles. The summed E-state index contributed by atoms with van der Waals surface area (Å²) in [6, 6.07) is -0.441. The van der Waals surface area contributed by atoms with Crippen molar-refractivity contribution in [2.24, 2.45) is 5.92 Å². The number of aromatic amines is 1. The molecule has 7 nitrogen and oxygen atoms in total. The van der Waals surface area contributed by atoms with Gasteiger partial charge in [-0.3, -0.25) is 9.59 Å². The first-order valence-corrected chi connectivity index (χ1v) is 5.17. The van der Waals surface area contributed by atoms with Crippen LogP contribution < -0.4 is 0 Å². The fraction of sp³-hybridized carbons (Fsp3) is 0.500. The maximum atomic E-state index is 12.0. The van der Waals surface area contributed by atoms with Gasteiger partial charge >= 0.3 is 5.97 Å². The van der Waals surface area contributed by atoms with Crippen molar-refractivity contribution in [1.29, 1.82) is 0 Å². The maximum absolute atomic E-state index is 12.0. The van der Waals surface area contributed by atoms with Crippen LogP contribution >= 0.6 is 0 Å². The van der Waals surface area contributed by atoms with E-state index in [4.69, 9.17) is 9.84 Å². The zero-order valence-corrected chi connectivity index (χ0v) is 9.29. The monoisotopic (exact) mass is 239 g/mol. The molecule has 92 valence electrons. The average molecular weight is 239 g/mol. The van der Waals surface area contributed by atoms with Gasteiger partial charge in [0.25, 0.3) is 5.91 Å². The minimum atomic E-state index is -0.947. The van der Waals surface area contributed by atoms with Crippen molar-refractivity contribution in [2.45, 2.75) is 6.04 Å². The van der Waals surface area contributed by atoms with Crippen molar-refractivity contribution in [3.05, 3.63) is 18.2 Å². The molecular weight excluding hydrogens is 226 g/mol. The smallest absolute Gasteiger partial charge is 0.311 e. The number of aromatic nitrogens is 2. The predicted octanol–water partition coefficient (Wildman–Crippen LogP) is -0.419. The SMILES string of the molecule is CN(C(=O)c1cnc[nH]1)C1COCC1C(=O)O. The van der Waals surface area contributed by atoms with Gasteiger partial charge < -0.3 is 19.7 Å². The third-order valence-electron chi connectivity index (χ3n) is 2.91. The zero-order chi connectivity index (χ0) is 12.4. The van der Waals surface area contributed by atoms with E-state index in [0.29, 0.717) is 5.69 Å². The first kappa shape index (κ1) is 11.6. The molecule has 2 unspecified atom stereocenters. The molecule has 2 rings (SSSR count). The Kier molecular flexibility index (Phi) is 3.10. The number of aliphatic carboxylic acids is 1. The van der Waals surface area contributed by atoms with Gasteiger partial charge in [-0.05, 0) is 0 Å². The highest BCUT2D eigenvalue weighted by atomic mass is 16.5. The molecule has 0 radical (unpaired) electrons. The van der Waals surface area contributed by atoms with Gasteiger partial charge in [-0.2, -0.15) is 0 Å². The summed E-state index contributed by atoms with van der Waals surface area (Å²) >= 11 is 0. The lowest BCUT2D eigenvalue weighted by Gasteiger charge is -2.25. The van der Waals surface area contributed by atoms with Crippen LogP contribution in [0.15, 0.2) is 12.5 Å². The minimum Gasteiger partial charge on any atom is -0.481 e. The Labute approximate surface area is 97.4 Å². The molecule has 2 N–H and O–H groups in total.